The van der Waals surface area contributed by atoms with Gasteiger partial charge in [0.1, 0.15) is 0 Å². The topological polar surface area (TPSA) is 67.9 Å². The number of nitrogens with zero attached hydrogens (tertiary/aromatic N) is 2. The van der Waals surface area contributed by atoms with Gasteiger partial charge in [-0.1, -0.05) is 48.6 Å². The molecule has 1 aromatic rings. The highest BCUT2D eigenvalue weighted by atomic mass is 16.5. The van der Waals surface area contributed by atoms with Crippen molar-refractivity contribution in [2.75, 3.05) is 14.2 Å². The molecule has 2 atom stereocenters. The van der Waals surface area contributed by atoms with Gasteiger partial charge in [0.05, 0.1) is 17.6 Å². The SMILES string of the molecule is COC1(CC[C@]2(C)CC(=O)N(C)C(N)=N2)C=CC=C(c2ccccc2)C1. The summed E-state index contributed by atoms with van der Waals surface area (Å²) in [5.41, 5.74) is 7.50. The summed E-state index contributed by atoms with van der Waals surface area (Å²) >= 11 is 0. The number of benzene rings is 1. The molecule has 1 heterocycles. The maximum atomic E-state index is 12.2. The Kier molecular flexibility index (Phi) is 5.01. The number of ether oxygens (including phenoxy) is 1. The first kappa shape index (κ1) is 18.4. The summed E-state index contributed by atoms with van der Waals surface area (Å²) in [5.74, 6) is 0.301. The van der Waals surface area contributed by atoms with E-state index in [1.165, 1.54) is 16.0 Å². The molecule has 1 aliphatic carbocycles. The lowest BCUT2D eigenvalue weighted by Gasteiger charge is -2.38. The third-order valence-electron chi connectivity index (χ3n) is 5.46. The number of carbonyl (C=O) groups is 1. The van der Waals surface area contributed by atoms with Crippen LogP contribution in [0.25, 0.3) is 5.57 Å². The van der Waals surface area contributed by atoms with Crippen molar-refractivity contribution in [2.24, 2.45) is 10.7 Å². The summed E-state index contributed by atoms with van der Waals surface area (Å²) < 4.78 is 5.94. The predicted octanol–water partition coefficient (Wildman–Crippen LogP) is 3.13. The first-order chi connectivity index (χ1) is 12.4. The highest BCUT2D eigenvalue weighted by Crippen LogP contribution is 2.38. The fourth-order valence-corrected chi connectivity index (χ4v) is 3.63. The first-order valence-electron chi connectivity index (χ1n) is 8.97. The molecule has 0 fully saturated rings. The lowest BCUT2D eigenvalue weighted by molar-refractivity contribution is -0.128. The zero-order chi connectivity index (χ0) is 18.8. The summed E-state index contributed by atoms with van der Waals surface area (Å²) in [6.07, 6.45) is 9.00. The molecule has 0 radical (unpaired) electrons. The van der Waals surface area contributed by atoms with Crippen molar-refractivity contribution in [1.82, 2.24) is 4.90 Å². The zero-order valence-corrected chi connectivity index (χ0v) is 15.7. The second-order valence-corrected chi connectivity index (χ2v) is 7.46. The van der Waals surface area contributed by atoms with Crippen LogP contribution in [0.3, 0.4) is 0 Å². The largest absolute Gasteiger partial charge is 0.374 e. The Morgan fingerprint density at radius 2 is 1.96 bits per heavy atom. The van der Waals surface area contributed by atoms with Gasteiger partial charge in [0.15, 0.2) is 5.96 Å². The molecule has 2 N–H and O–H groups in total. The summed E-state index contributed by atoms with van der Waals surface area (Å²) in [7, 11) is 3.41. The third-order valence-corrected chi connectivity index (χ3v) is 5.46. The maximum absolute atomic E-state index is 12.2. The predicted molar refractivity (Wildman–Crippen MR) is 105 cm³/mol. The van der Waals surface area contributed by atoms with E-state index in [4.69, 9.17) is 10.5 Å². The van der Waals surface area contributed by atoms with Gasteiger partial charge < -0.3 is 10.5 Å². The van der Waals surface area contributed by atoms with Gasteiger partial charge in [-0.3, -0.25) is 9.69 Å². The number of allylic oxidation sites excluding steroid dienone is 2. The fourth-order valence-electron chi connectivity index (χ4n) is 3.63. The molecule has 3 rings (SSSR count). The van der Waals surface area contributed by atoms with E-state index < -0.39 is 5.54 Å². The van der Waals surface area contributed by atoms with Crippen molar-refractivity contribution in [1.29, 1.82) is 0 Å². The van der Waals surface area contributed by atoms with Gasteiger partial charge in [0.2, 0.25) is 5.91 Å². The number of guanidine groups is 1. The molecular weight excluding hydrogens is 326 g/mol. The Hall–Kier alpha value is -2.40. The van der Waals surface area contributed by atoms with Crippen LogP contribution in [-0.4, -0.2) is 42.1 Å². The van der Waals surface area contributed by atoms with Gasteiger partial charge in [-0.2, -0.15) is 0 Å². The van der Waals surface area contributed by atoms with Crippen molar-refractivity contribution in [3.8, 4) is 0 Å². The van der Waals surface area contributed by atoms with Crippen molar-refractivity contribution < 1.29 is 9.53 Å². The highest BCUT2D eigenvalue weighted by Gasteiger charge is 2.38. The number of hydrogen-bond donors (Lipinski definition) is 1. The minimum Gasteiger partial charge on any atom is -0.374 e. The van der Waals surface area contributed by atoms with E-state index in [0.717, 1.165) is 19.3 Å². The van der Waals surface area contributed by atoms with Crippen LogP contribution in [0.2, 0.25) is 0 Å². The average Bonchev–Trinajstić information content (AvgIpc) is 2.65. The van der Waals surface area contributed by atoms with Crippen LogP contribution >= 0.6 is 0 Å². The Bertz CT molecular complexity index is 769. The second kappa shape index (κ2) is 7.08. The van der Waals surface area contributed by atoms with Crippen LogP contribution in [-0.2, 0) is 9.53 Å². The number of hydrogen-bond acceptors (Lipinski definition) is 4. The van der Waals surface area contributed by atoms with Crippen molar-refractivity contribution in [3.63, 3.8) is 0 Å². The molecule has 138 valence electrons. The summed E-state index contributed by atoms with van der Waals surface area (Å²) in [4.78, 5) is 18.2. The van der Waals surface area contributed by atoms with E-state index in [9.17, 15) is 4.79 Å². The van der Waals surface area contributed by atoms with Crippen LogP contribution in [0.15, 0.2) is 53.6 Å². The van der Waals surface area contributed by atoms with Crippen molar-refractivity contribution in [2.45, 2.75) is 43.7 Å². The second-order valence-electron chi connectivity index (χ2n) is 7.46. The van der Waals surface area contributed by atoms with Crippen LogP contribution < -0.4 is 5.73 Å². The zero-order valence-electron chi connectivity index (χ0n) is 15.7. The molecule has 1 unspecified atom stereocenters. The summed E-state index contributed by atoms with van der Waals surface area (Å²) in [6.45, 7) is 1.99. The van der Waals surface area contributed by atoms with Crippen LogP contribution in [0.5, 0.6) is 0 Å². The van der Waals surface area contributed by atoms with Gasteiger partial charge in [0, 0.05) is 20.6 Å². The van der Waals surface area contributed by atoms with E-state index in [2.05, 4.69) is 35.4 Å². The highest BCUT2D eigenvalue weighted by molar-refractivity contribution is 5.98. The summed E-state index contributed by atoms with van der Waals surface area (Å²) in [6, 6.07) is 10.4. The molecule has 5 nitrogen and oxygen atoms in total. The van der Waals surface area contributed by atoms with E-state index in [-0.39, 0.29) is 11.5 Å². The lowest BCUT2D eigenvalue weighted by atomic mass is 9.79. The van der Waals surface area contributed by atoms with Crippen LogP contribution in [0, 0.1) is 0 Å². The number of rotatable bonds is 5. The van der Waals surface area contributed by atoms with Crippen molar-refractivity contribution in [3.05, 3.63) is 54.1 Å². The van der Waals surface area contributed by atoms with Crippen LogP contribution in [0.4, 0.5) is 0 Å². The Morgan fingerprint density at radius 1 is 1.23 bits per heavy atom. The molecule has 0 spiro atoms. The molecule has 0 saturated heterocycles. The van der Waals surface area contributed by atoms with Gasteiger partial charge in [-0.15, -0.1) is 0 Å². The Morgan fingerprint density at radius 3 is 2.62 bits per heavy atom. The number of nitrogens with two attached hydrogens (primary N) is 1. The van der Waals surface area contributed by atoms with Gasteiger partial charge in [-0.25, -0.2) is 4.99 Å². The fraction of sp³-hybridized carbons (Fsp3) is 0.429. The standard InChI is InChI=1S/C21H27N3O2/c1-20(15-18(25)24(2)19(22)23-20)12-13-21(26-3)11-7-10-17(14-21)16-8-5-4-6-9-16/h4-11H,12-15H2,1-3H3,(H2,22,23)/t20-,21?/m1/s1. The van der Waals surface area contributed by atoms with Crippen LogP contribution in [0.1, 0.15) is 38.2 Å². The normalized spacial score (nSPS) is 28.7. The van der Waals surface area contributed by atoms with E-state index in [1.807, 2.05) is 25.1 Å². The molecule has 0 aromatic heterocycles. The van der Waals surface area contributed by atoms with E-state index in [1.54, 1.807) is 14.2 Å². The van der Waals surface area contributed by atoms with Crippen molar-refractivity contribution >= 4 is 17.4 Å². The smallest absolute Gasteiger partial charge is 0.231 e. The Balaban J connectivity index is 1.75. The van der Waals surface area contributed by atoms with Gasteiger partial charge in [0.25, 0.3) is 0 Å². The summed E-state index contributed by atoms with van der Waals surface area (Å²) in [5, 5.41) is 0. The number of amides is 1. The van der Waals surface area contributed by atoms with Gasteiger partial charge in [-0.05, 0) is 30.9 Å². The number of carbonyl (C=O) groups excluding carboxylic acids is 1. The lowest BCUT2D eigenvalue weighted by Crippen LogP contribution is -2.49. The van der Waals surface area contributed by atoms with E-state index >= 15 is 0 Å². The molecular formula is C21H27N3O2. The molecule has 0 bridgehead atoms. The molecule has 0 saturated carbocycles. The maximum Gasteiger partial charge on any atom is 0.231 e. The Labute approximate surface area is 155 Å². The molecule has 1 amide bonds. The first-order valence-corrected chi connectivity index (χ1v) is 8.97. The monoisotopic (exact) mass is 353 g/mol. The third kappa shape index (κ3) is 3.73. The number of methoxy groups -OCH3 is 1. The molecule has 1 aromatic carbocycles. The van der Waals surface area contributed by atoms with E-state index in [0.29, 0.717) is 12.4 Å². The number of aliphatic imine (C=N–C) groups is 1. The molecule has 26 heavy (non-hydrogen) atoms. The average molecular weight is 353 g/mol. The quantitative estimate of drug-likeness (QED) is 0.884. The molecule has 2 aliphatic rings. The minimum absolute atomic E-state index is 0.00974. The van der Waals surface area contributed by atoms with Gasteiger partial charge >= 0.3 is 0 Å². The molecule has 1 aliphatic heterocycles. The molecule has 5 heteroatoms. The minimum atomic E-state index is -0.485.